The average Bonchev–Trinajstić information content (AvgIpc) is 2.35. The lowest BCUT2D eigenvalue weighted by Crippen LogP contribution is -2.20. The van der Waals surface area contributed by atoms with Crippen LogP contribution < -0.4 is 5.32 Å². The summed E-state index contributed by atoms with van der Waals surface area (Å²) in [6.07, 6.45) is 4.55. The Labute approximate surface area is 120 Å². The van der Waals surface area contributed by atoms with Crippen LogP contribution in [0.3, 0.4) is 0 Å². The van der Waals surface area contributed by atoms with Gasteiger partial charge in [-0.05, 0) is 50.2 Å². The predicted molar refractivity (Wildman–Crippen MR) is 82.0 cm³/mol. The van der Waals surface area contributed by atoms with E-state index in [2.05, 4.69) is 25.2 Å². The van der Waals surface area contributed by atoms with Crippen molar-refractivity contribution in [3.63, 3.8) is 0 Å². The van der Waals surface area contributed by atoms with Gasteiger partial charge in [0.15, 0.2) is 0 Å². The van der Waals surface area contributed by atoms with Gasteiger partial charge in [-0.25, -0.2) is 0 Å². The maximum atomic E-state index is 11.0. The lowest BCUT2D eigenvalue weighted by Gasteiger charge is -2.26. The van der Waals surface area contributed by atoms with E-state index >= 15 is 0 Å². The van der Waals surface area contributed by atoms with Crippen molar-refractivity contribution in [1.82, 2.24) is 0 Å². The highest BCUT2D eigenvalue weighted by Crippen LogP contribution is 2.30. The number of nitro groups is 1. The Morgan fingerprint density at radius 3 is 2.80 bits per heavy atom. The number of hydrogen-bond acceptors (Lipinski definition) is 3. The zero-order valence-electron chi connectivity index (χ0n) is 12.3. The first-order valence-corrected chi connectivity index (χ1v) is 7.12. The molecule has 1 N–H and O–H groups in total. The third-order valence-corrected chi connectivity index (χ3v) is 3.81. The molecule has 1 aromatic rings. The number of benzene rings is 1. The van der Waals surface area contributed by atoms with Crippen LogP contribution in [-0.2, 0) is 0 Å². The van der Waals surface area contributed by atoms with Crippen LogP contribution in [0.15, 0.2) is 29.8 Å². The molecule has 0 saturated heterocycles. The second kappa shape index (κ2) is 6.07. The van der Waals surface area contributed by atoms with Crippen LogP contribution in [0.4, 0.5) is 11.4 Å². The summed E-state index contributed by atoms with van der Waals surface area (Å²) in [6.45, 7) is 7.13. The van der Waals surface area contributed by atoms with Crippen molar-refractivity contribution < 1.29 is 4.92 Å². The van der Waals surface area contributed by atoms with Gasteiger partial charge in [-0.3, -0.25) is 10.1 Å². The van der Waals surface area contributed by atoms with Crippen LogP contribution in [0.5, 0.6) is 0 Å². The van der Waals surface area contributed by atoms with E-state index in [1.807, 2.05) is 13.0 Å². The maximum absolute atomic E-state index is 11.0. The minimum Gasteiger partial charge on any atom is -0.379 e. The number of nitrogens with one attached hydrogen (secondary N) is 1. The monoisotopic (exact) mass is 274 g/mol. The fourth-order valence-electron chi connectivity index (χ4n) is 3.05. The van der Waals surface area contributed by atoms with E-state index in [9.17, 15) is 10.1 Å². The highest BCUT2D eigenvalue weighted by atomic mass is 16.6. The normalized spacial score (nSPS) is 22.2. The molecule has 0 heterocycles. The number of anilines is 1. The molecule has 1 aliphatic carbocycles. The Hall–Kier alpha value is -1.84. The molecule has 0 bridgehead atoms. The van der Waals surface area contributed by atoms with Crippen molar-refractivity contribution in [1.29, 1.82) is 0 Å². The largest absolute Gasteiger partial charge is 0.379 e. The lowest BCUT2D eigenvalue weighted by molar-refractivity contribution is -0.384. The van der Waals surface area contributed by atoms with Crippen LogP contribution in [0, 0.1) is 28.9 Å². The Morgan fingerprint density at radius 1 is 1.40 bits per heavy atom. The Kier molecular flexibility index (Phi) is 4.42. The molecule has 2 rings (SSSR count). The predicted octanol–water partition coefficient (Wildman–Crippen LogP) is 4.31. The van der Waals surface area contributed by atoms with Gasteiger partial charge in [0.05, 0.1) is 4.92 Å². The van der Waals surface area contributed by atoms with Gasteiger partial charge in [0.2, 0.25) is 0 Å². The molecule has 0 saturated carbocycles. The van der Waals surface area contributed by atoms with Gasteiger partial charge in [-0.2, -0.15) is 0 Å². The molecule has 4 heteroatoms. The van der Waals surface area contributed by atoms with Crippen molar-refractivity contribution in [2.45, 2.75) is 33.6 Å². The first kappa shape index (κ1) is 14.6. The van der Waals surface area contributed by atoms with Gasteiger partial charge in [0, 0.05) is 12.6 Å². The van der Waals surface area contributed by atoms with Crippen LogP contribution in [0.25, 0.3) is 0 Å². The van der Waals surface area contributed by atoms with Gasteiger partial charge in [-0.1, -0.05) is 24.6 Å². The molecule has 2 atom stereocenters. The van der Waals surface area contributed by atoms with E-state index in [-0.39, 0.29) is 10.6 Å². The Balaban J connectivity index is 2.06. The van der Waals surface area contributed by atoms with Crippen molar-refractivity contribution in [2.75, 3.05) is 11.9 Å². The summed E-state index contributed by atoms with van der Waals surface area (Å²) in [5.41, 5.74) is 3.25. The summed E-state index contributed by atoms with van der Waals surface area (Å²) in [6, 6.07) is 5.21. The molecule has 0 spiro atoms. The number of allylic oxidation sites excluding steroid dienone is 2. The molecule has 0 aliphatic heterocycles. The fourth-order valence-corrected chi connectivity index (χ4v) is 3.05. The van der Waals surface area contributed by atoms with E-state index in [4.69, 9.17) is 0 Å². The van der Waals surface area contributed by atoms with Crippen LogP contribution >= 0.6 is 0 Å². The maximum Gasteiger partial charge on any atom is 0.292 e. The highest BCUT2D eigenvalue weighted by Gasteiger charge is 2.19. The number of nitro benzene ring substituents is 1. The van der Waals surface area contributed by atoms with E-state index < -0.39 is 0 Å². The second-order valence-corrected chi connectivity index (χ2v) is 5.95. The summed E-state index contributed by atoms with van der Waals surface area (Å²) in [7, 11) is 0. The second-order valence-electron chi connectivity index (χ2n) is 5.95. The third kappa shape index (κ3) is 3.59. The van der Waals surface area contributed by atoms with Gasteiger partial charge < -0.3 is 5.32 Å². The standard InChI is InChI=1S/C16H22N2O2/c1-11-4-5-16(18(19)20)15(9-11)17-10-14-7-12(2)6-13(3)8-14/h4-6,9,12,14,17H,7-8,10H2,1-3H3. The number of nitrogens with zero attached hydrogens (tertiary/aromatic N) is 1. The highest BCUT2D eigenvalue weighted by molar-refractivity contribution is 5.62. The van der Waals surface area contributed by atoms with Gasteiger partial charge >= 0.3 is 0 Å². The van der Waals surface area contributed by atoms with Crippen LogP contribution in [0.2, 0.25) is 0 Å². The SMILES string of the molecule is CC1=CC(C)CC(CNc2cc(C)ccc2[N+](=O)[O-])C1. The molecular weight excluding hydrogens is 252 g/mol. The molecule has 4 nitrogen and oxygen atoms in total. The Morgan fingerprint density at radius 2 is 2.15 bits per heavy atom. The van der Waals surface area contributed by atoms with Crippen LogP contribution in [0.1, 0.15) is 32.3 Å². The van der Waals surface area contributed by atoms with E-state index in [0.717, 1.165) is 24.9 Å². The molecule has 0 radical (unpaired) electrons. The van der Waals surface area contributed by atoms with Gasteiger partial charge in [-0.15, -0.1) is 0 Å². The fraction of sp³-hybridized carbons (Fsp3) is 0.500. The average molecular weight is 274 g/mol. The molecule has 1 aliphatic rings. The van der Waals surface area contributed by atoms with Crippen LogP contribution in [-0.4, -0.2) is 11.5 Å². The zero-order chi connectivity index (χ0) is 14.7. The topological polar surface area (TPSA) is 55.2 Å². The minimum absolute atomic E-state index is 0.159. The molecular formula is C16H22N2O2. The molecule has 2 unspecified atom stereocenters. The smallest absolute Gasteiger partial charge is 0.292 e. The molecule has 108 valence electrons. The van der Waals surface area contributed by atoms with Crippen molar-refractivity contribution in [3.05, 3.63) is 45.5 Å². The first-order valence-electron chi connectivity index (χ1n) is 7.12. The summed E-state index contributed by atoms with van der Waals surface area (Å²) in [5, 5.41) is 14.3. The summed E-state index contributed by atoms with van der Waals surface area (Å²) in [4.78, 5) is 10.7. The summed E-state index contributed by atoms with van der Waals surface area (Å²) < 4.78 is 0. The summed E-state index contributed by atoms with van der Waals surface area (Å²) in [5.74, 6) is 1.15. The van der Waals surface area contributed by atoms with Gasteiger partial charge in [0.1, 0.15) is 5.69 Å². The van der Waals surface area contributed by atoms with E-state index in [1.54, 1.807) is 12.1 Å². The minimum atomic E-state index is -0.323. The quantitative estimate of drug-likeness (QED) is 0.505. The molecule has 0 amide bonds. The molecule has 0 aromatic heterocycles. The third-order valence-electron chi connectivity index (χ3n) is 3.81. The molecule has 1 aromatic carbocycles. The Bertz CT molecular complexity index is 537. The van der Waals surface area contributed by atoms with Crippen molar-refractivity contribution in [2.24, 2.45) is 11.8 Å². The van der Waals surface area contributed by atoms with Crippen molar-refractivity contribution in [3.8, 4) is 0 Å². The molecule has 20 heavy (non-hydrogen) atoms. The van der Waals surface area contributed by atoms with Gasteiger partial charge in [0.25, 0.3) is 5.69 Å². The zero-order valence-corrected chi connectivity index (χ0v) is 12.3. The first-order chi connectivity index (χ1) is 9.45. The van der Waals surface area contributed by atoms with Crippen molar-refractivity contribution >= 4 is 11.4 Å². The number of hydrogen-bond donors (Lipinski definition) is 1. The number of rotatable bonds is 4. The number of aryl methyl sites for hydroxylation is 1. The summed E-state index contributed by atoms with van der Waals surface area (Å²) >= 11 is 0. The lowest BCUT2D eigenvalue weighted by atomic mass is 9.83. The van der Waals surface area contributed by atoms with E-state index in [1.165, 1.54) is 5.57 Å². The molecule has 0 fully saturated rings. The van der Waals surface area contributed by atoms with E-state index in [0.29, 0.717) is 17.5 Å².